The number of rotatable bonds is 6. The number of benzene rings is 2. The molecule has 8 N–H and O–H groups in total. The number of halogens is 1. The Balaban J connectivity index is 1.63. The number of fused-ring (bicyclic) bond motifs is 4. The number of H-pyrrole nitrogens is 1. The van der Waals surface area contributed by atoms with Crippen molar-refractivity contribution in [1.82, 2.24) is 15.3 Å². The molecule has 12 heteroatoms. The second kappa shape index (κ2) is 12.8. The number of nitrogens with zero attached hydrogens (tertiary/aromatic N) is 4. The lowest BCUT2D eigenvalue weighted by Gasteiger charge is -2.18. The number of hydrazone groups is 1. The highest BCUT2D eigenvalue weighted by molar-refractivity contribution is 6.30. The number of hydrogen-bond acceptors (Lipinski definition) is 8. The molecule has 1 aromatic heterocycles. The summed E-state index contributed by atoms with van der Waals surface area (Å²) in [4.78, 5) is 21.0. The molecule has 0 fully saturated rings. The van der Waals surface area contributed by atoms with Gasteiger partial charge >= 0.3 is 0 Å². The highest BCUT2D eigenvalue weighted by Gasteiger charge is 2.23. The molecule has 1 aliphatic rings. The molecule has 2 aromatic carbocycles. The number of carbonyl (C=O) groups excluding carboxylic acids is 1. The molecule has 0 saturated heterocycles. The minimum Gasteiger partial charge on any atom is -0.388 e. The van der Waals surface area contributed by atoms with Crippen molar-refractivity contribution in [3.05, 3.63) is 64.6 Å². The second-order valence-electron chi connectivity index (χ2n) is 9.01. The Morgan fingerprint density at radius 3 is 2.90 bits per heavy atom. The Kier molecular flexibility index (Phi) is 9.04. The van der Waals surface area contributed by atoms with Crippen LogP contribution in [-0.4, -0.2) is 35.8 Å². The first-order valence-corrected chi connectivity index (χ1v) is 12.9. The minimum atomic E-state index is -0.412. The number of nitrogens with one attached hydrogen (secondary N) is 4. The van der Waals surface area contributed by atoms with E-state index in [-0.39, 0.29) is 5.91 Å². The molecular weight excluding hydrogens is 516 g/mol. The van der Waals surface area contributed by atoms with Gasteiger partial charge in [0.15, 0.2) is 0 Å². The molecule has 2 bridgehead atoms. The number of aromatic amines is 1. The summed E-state index contributed by atoms with van der Waals surface area (Å²) in [6.45, 7) is 0.786. The van der Waals surface area contributed by atoms with E-state index in [0.717, 1.165) is 42.7 Å². The smallest absolute Gasteiger partial charge is 0.244 e. The average molecular weight is 547 g/mol. The summed E-state index contributed by atoms with van der Waals surface area (Å²) in [7, 11) is 1.86. The third-order valence-electron chi connectivity index (χ3n) is 6.40. The summed E-state index contributed by atoms with van der Waals surface area (Å²) in [5.74, 6) is 11.4. The Morgan fingerprint density at radius 1 is 1.28 bits per heavy atom. The van der Waals surface area contributed by atoms with Gasteiger partial charge in [0, 0.05) is 47.2 Å². The van der Waals surface area contributed by atoms with E-state index < -0.39 is 6.04 Å². The zero-order valence-electron chi connectivity index (χ0n) is 21.5. The number of imidazole rings is 1. The number of carbonyl (C=O) groups is 1. The average Bonchev–Trinajstić information content (AvgIpc) is 3.37. The molecule has 3 aromatic rings. The van der Waals surface area contributed by atoms with E-state index in [9.17, 15) is 10.1 Å². The molecule has 39 heavy (non-hydrogen) atoms. The highest BCUT2D eigenvalue weighted by atomic mass is 35.5. The fourth-order valence-electron chi connectivity index (χ4n) is 4.45. The van der Waals surface area contributed by atoms with E-state index in [1.54, 1.807) is 24.3 Å². The van der Waals surface area contributed by atoms with E-state index >= 15 is 0 Å². The summed E-state index contributed by atoms with van der Waals surface area (Å²) in [6, 6.07) is 12.8. The molecule has 1 amide bonds. The Morgan fingerprint density at radius 2 is 2.13 bits per heavy atom. The molecule has 1 aliphatic heterocycles. The lowest BCUT2D eigenvalue weighted by Crippen LogP contribution is -2.30. The summed E-state index contributed by atoms with van der Waals surface area (Å²) < 4.78 is 0. The van der Waals surface area contributed by atoms with E-state index in [2.05, 4.69) is 32.1 Å². The number of amides is 1. The van der Waals surface area contributed by atoms with E-state index in [4.69, 9.17) is 28.3 Å². The van der Waals surface area contributed by atoms with Crippen molar-refractivity contribution < 1.29 is 4.79 Å². The van der Waals surface area contributed by atoms with Crippen molar-refractivity contribution in [2.45, 2.75) is 31.7 Å². The zero-order chi connectivity index (χ0) is 27.8. The van der Waals surface area contributed by atoms with Crippen LogP contribution in [0.3, 0.4) is 0 Å². The molecule has 0 radical (unpaired) electrons. The monoisotopic (exact) mass is 546 g/mol. The van der Waals surface area contributed by atoms with Gasteiger partial charge < -0.3 is 26.8 Å². The molecule has 1 atom stereocenters. The zero-order valence-corrected chi connectivity index (χ0v) is 22.3. The van der Waals surface area contributed by atoms with Gasteiger partial charge in [0.2, 0.25) is 5.91 Å². The summed E-state index contributed by atoms with van der Waals surface area (Å²) in [5.41, 5.74) is 4.72. The molecule has 11 nitrogen and oxygen atoms in total. The molecule has 0 aliphatic carbocycles. The molecule has 202 valence electrons. The van der Waals surface area contributed by atoms with E-state index in [0.29, 0.717) is 39.9 Å². The topological polar surface area (TPSA) is 173 Å². The molecule has 2 heterocycles. The van der Waals surface area contributed by atoms with Crippen molar-refractivity contribution >= 4 is 47.0 Å². The van der Waals surface area contributed by atoms with Crippen LogP contribution >= 0.6 is 11.6 Å². The van der Waals surface area contributed by atoms with Gasteiger partial charge in [-0.1, -0.05) is 24.4 Å². The molecular formula is C27H31ClN10O. The maximum Gasteiger partial charge on any atom is 0.244 e. The molecule has 0 unspecified atom stereocenters. The number of aromatic nitrogens is 2. The third kappa shape index (κ3) is 6.67. The first-order valence-electron chi connectivity index (χ1n) is 12.5. The van der Waals surface area contributed by atoms with Crippen LogP contribution in [0.2, 0.25) is 5.02 Å². The van der Waals surface area contributed by atoms with Crippen molar-refractivity contribution in [1.29, 1.82) is 5.26 Å². The first kappa shape index (κ1) is 27.5. The molecule has 0 saturated carbocycles. The van der Waals surface area contributed by atoms with Gasteiger partial charge in [-0.3, -0.25) is 9.80 Å². The van der Waals surface area contributed by atoms with Gasteiger partial charge in [-0.25, -0.2) is 10.8 Å². The van der Waals surface area contributed by atoms with E-state index in [1.165, 1.54) is 17.4 Å². The summed E-state index contributed by atoms with van der Waals surface area (Å²) in [6.07, 6.45) is 7.74. The third-order valence-corrected chi connectivity index (χ3v) is 6.64. The largest absolute Gasteiger partial charge is 0.388 e. The van der Waals surface area contributed by atoms with Gasteiger partial charge in [-0.15, -0.1) is 0 Å². The van der Waals surface area contributed by atoms with Gasteiger partial charge in [0.05, 0.1) is 11.7 Å². The van der Waals surface area contributed by atoms with Crippen molar-refractivity contribution in [2.24, 2.45) is 16.8 Å². The van der Waals surface area contributed by atoms with Crippen molar-refractivity contribution in [2.75, 3.05) is 29.2 Å². The molecule has 4 rings (SSSR count). The predicted octanol–water partition coefficient (Wildman–Crippen LogP) is 4.08. The summed E-state index contributed by atoms with van der Waals surface area (Å²) >= 11 is 6.16. The standard InChI is InChI=1S/C27H31ClN10O/c1-32-19-8-9-20-22(14-19)33-12-4-2-3-5-21(27-36-23(15-29)26(20)37-27)35-25(39)11-6-17-13-18(28)7-10-24(17)38(31)16-34-30/h6-11,13-14,16,21,32-33H,2-5,12,30-31H2,1H3,(H,35,39)(H,36,37)/b11-6+,34-16-/t21-/m0/s1. The normalized spacial score (nSPS) is 15.5. The fraction of sp³-hybridized carbons (Fsp3) is 0.259. The minimum absolute atomic E-state index is 0.328. The van der Waals surface area contributed by atoms with Gasteiger partial charge in [0.1, 0.15) is 29.6 Å². The lowest BCUT2D eigenvalue weighted by atomic mass is 10.0. The van der Waals surface area contributed by atoms with Crippen LogP contribution in [0, 0.1) is 11.3 Å². The predicted molar refractivity (Wildman–Crippen MR) is 156 cm³/mol. The Labute approximate surface area is 231 Å². The quantitative estimate of drug-likeness (QED) is 0.0881. The number of nitrogens with two attached hydrogens (primary N) is 2. The van der Waals surface area contributed by atoms with Crippen molar-refractivity contribution in [3.63, 3.8) is 0 Å². The highest BCUT2D eigenvalue weighted by Crippen LogP contribution is 2.34. The number of anilines is 3. The lowest BCUT2D eigenvalue weighted by molar-refractivity contribution is -0.117. The SMILES string of the molecule is CNc1ccc2c(c1)NCCCCC[C@H](NC(=O)/C=C/c1cc(Cl)ccc1N(N)/C=N\N)c1nc-2c(C#N)[nH]1. The Hall–Kier alpha value is -4.53. The fourth-order valence-corrected chi connectivity index (χ4v) is 4.63. The summed E-state index contributed by atoms with van der Waals surface area (Å²) in [5, 5.41) is 24.7. The van der Waals surface area contributed by atoms with Crippen LogP contribution in [0.15, 0.2) is 47.6 Å². The second-order valence-corrected chi connectivity index (χ2v) is 9.45. The van der Waals surface area contributed by atoms with Gasteiger partial charge in [0.25, 0.3) is 0 Å². The van der Waals surface area contributed by atoms with Crippen LogP contribution in [0.1, 0.15) is 48.8 Å². The van der Waals surface area contributed by atoms with Crippen LogP contribution in [-0.2, 0) is 4.79 Å². The Bertz CT molecular complexity index is 1420. The van der Waals surface area contributed by atoms with Crippen LogP contribution in [0.4, 0.5) is 17.1 Å². The molecule has 0 spiro atoms. The van der Waals surface area contributed by atoms with Crippen molar-refractivity contribution in [3.8, 4) is 17.3 Å². The number of hydrazine groups is 1. The van der Waals surface area contributed by atoms with Crippen LogP contribution < -0.4 is 32.6 Å². The van der Waals surface area contributed by atoms with Gasteiger partial charge in [-0.05, 0) is 55.3 Å². The van der Waals surface area contributed by atoms with Crippen LogP contribution in [0.5, 0.6) is 0 Å². The first-order chi connectivity index (χ1) is 18.9. The number of nitriles is 1. The maximum absolute atomic E-state index is 13.0. The van der Waals surface area contributed by atoms with Gasteiger partial charge in [-0.2, -0.15) is 10.4 Å². The van der Waals surface area contributed by atoms with E-state index in [1.807, 2.05) is 25.2 Å². The van der Waals surface area contributed by atoms with Crippen LogP contribution in [0.25, 0.3) is 17.3 Å². The maximum atomic E-state index is 13.0. The number of hydrogen-bond donors (Lipinski definition) is 6.